The van der Waals surface area contributed by atoms with Crippen LogP contribution in [0.15, 0.2) is 30.5 Å². The third-order valence-electron chi connectivity index (χ3n) is 3.46. The summed E-state index contributed by atoms with van der Waals surface area (Å²) in [6.45, 7) is 1.38. The second kappa shape index (κ2) is 5.53. The van der Waals surface area contributed by atoms with Crippen molar-refractivity contribution in [3.05, 3.63) is 41.7 Å². The minimum atomic E-state index is -0.892. The van der Waals surface area contributed by atoms with E-state index in [9.17, 15) is 9.90 Å². The molecular weight excluding hydrogens is 272 g/mol. The van der Waals surface area contributed by atoms with E-state index in [-0.39, 0.29) is 0 Å². The lowest BCUT2D eigenvalue weighted by Gasteiger charge is -2.25. The first-order chi connectivity index (χ1) is 10.1. The van der Waals surface area contributed by atoms with Crippen LogP contribution in [0.5, 0.6) is 5.75 Å². The van der Waals surface area contributed by atoms with E-state index in [0.29, 0.717) is 31.0 Å². The van der Waals surface area contributed by atoms with Gasteiger partial charge in [-0.1, -0.05) is 23.4 Å². The van der Waals surface area contributed by atoms with Gasteiger partial charge in [0.15, 0.2) is 0 Å². The van der Waals surface area contributed by atoms with Crippen LogP contribution in [0.25, 0.3) is 0 Å². The van der Waals surface area contributed by atoms with Crippen LogP contribution in [0.1, 0.15) is 17.3 Å². The molecule has 110 valence electrons. The number of hydrogen-bond acceptors (Lipinski definition) is 5. The predicted molar refractivity (Wildman–Crippen MR) is 73.7 cm³/mol. The van der Waals surface area contributed by atoms with E-state index in [2.05, 4.69) is 10.3 Å². The van der Waals surface area contributed by atoms with E-state index < -0.39 is 12.0 Å². The van der Waals surface area contributed by atoms with Crippen molar-refractivity contribution in [3.63, 3.8) is 0 Å². The zero-order valence-corrected chi connectivity index (χ0v) is 11.6. The first-order valence-corrected chi connectivity index (χ1v) is 6.69. The van der Waals surface area contributed by atoms with Crippen molar-refractivity contribution in [2.75, 3.05) is 13.2 Å². The van der Waals surface area contributed by atoms with Gasteiger partial charge in [-0.25, -0.2) is 0 Å². The van der Waals surface area contributed by atoms with Gasteiger partial charge in [0.25, 0.3) is 0 Å². The van der Waals surface area contributed by atoms with Gasteiger partial charge in [-0.05, 0) is 6.07 Å². The monoisotopic (exact) mass is 288 g/mol. The number of carbonyl (C=O) groups is 1. The molecule has 0 amide bonds. The van der Waals surface area contributed by atoms with Crippen LogP contribution in [0.3, 0.4) is 0 Å². The van der Waals surface area contributed by atoms with Gasteiger partial charge in [0.2, 0.25) is 0 Å². The maximum absolute atomic E-state index is 11.7. The highest BCUT2D eigenvalue weighted by atomic mass is 16.5. The molecule has 0 fully saturated rings. The Morgan fingerprint density at radius 1 is 1.48 bits per heavy atom. The number of carboxylic acid groups (broad SMARTS) is 1. The van der Waals surface area contributed by atoms with Crippen molar-refractivity contribution in [1.29, 1.82) is 0 Å². The Bertz CT molecular complexity index is 655. The minimum Gasteiger partial charge on any atom is -0.492 e. The van der Waals surface area contributed by atoms with Crippen LogP contribution < -0.4 is 4.74 Å². The number of aryl methyl sites for hydroxylation is 1. The first-order valence-electron chi connectivity index (χ1n) is 6.69. The Morgan fingerprint density at radius 3 is 3.00 bits per heavy atom. The summed E-state index contributed by atoms with van der Waals surface area (Å²) in [5.74, 6) is -0.261. The van der Waals surface area contributed by atoms with Gasteiger partial charge in [0.1, 0.15) is 18.4 Å². The third-order valence-corrected chi connectivity index (χ3v) is 3.46. The standard InChI is InChI=1S/C14H16N4O3/c1-17-8-10(15-16-17)9-18-6-7-21-12-5-3-2-4-11(12)13(18)14(19)20/h2-5,8,13H,6-7,9H2,1H3,(H,19,20). The molecule has 1 aliphatic rings. The van der Waals surface area contributed by atoms with Crippen molar-refractivity contribution in [2.24, 2.45) is 7.05 Å². The van der Waals surface area contributed by atoms with Crippen molar-refractivity contribution in [1.82, 2.24) is 19.9 Å². The summed E-state index contributed by atoms with van der Waals surface area (Å²) in [7, 11) is 1.78. The molecule has 7 heteroatoms. The van der Waals surface area contributed by atoms with Gasteiger partial charge in [-0.2, -0.15) is 0 Å². The number of para-hydroxylation sites is 1. The van der Waals surface area contributed by atoms with Crippen molar-refractivity contribution in [3.8, 4) is 5.75 Å². The molecule has 1 N–H and O–H groups in total. The van der Waals surface area contributed by atoms with E-state index in [1.54, 1.807) is 30.1 Å². The Balaban J connectivity index is 1.94. The molecule has 0 saturated heterocycles. The lowest BCUT2D eigenvalue weighted by atomic mass is 10.0. The molecule has 1 unspecified atom stereocenters. The van der Waals surface area contributed by atoms with E-state index in [1.807, 2.05) is 17.0 Å². The number of ether oxygens (including phenoxy) is 1. The highest BCUT2D eigenvalue weighted by Gasteiger charge is 2.32. The van der Waals surface area contributed by atoms with Crippen LogP contribution in [0.2, 0.25) is 0 Å². The Morgan fingerprint density at radius 2 is 2.29 bits per heavy atom. The molecule has 0 bridgehead atoms. The maximum atomic E-state index is 11.7. The molecule has 0 spiro atoms. The fraction of sp³-hybridized carbons (Fsp3) is 0.357. The number of fused-ring (bicyclic) bond motifs is 1. The number of benzene rings is 1. The normalized spacial score (nSPS) is 18.6. The summed E-state index contributed by atoms with van der Waals surface area (Å²) in [6.07, 6.45) is 1.79. The zero-order valence-electron chi connectivity index (χ0n) is 11.6. The molecule has 0 saturated carbocycles. The average molecular weight is 288 g/mol. The highest BCUT2D eigenvalue weighted by Crippen LogP contribution is 2.32. The smallest absolute Gasteiger partial charge is 0.325 e. The van der Waals surface area contributed by atoms with E-state index in [1.165, 1.54) is 0 Å². The van der Waals surface area contributed by atoms with Crippen LogP contribution in [-0.4, -0.2) is 44.1 Å². The van der Waals surface area contributed by atoms with Gasteiger partial charge >= 0.3 is 5.97 Å². The Labute approximate surface area is 121 Å². The average Bonchev–Trinajstić information content (AvgIpc) is 2.76. The molecule has 2 heterocycles. The van der Waals surface area contributed by atoms with Crippen LogP contribution in [0.4, 0.5) is 0 Å². The molecule has 7 nitrogen and oxygen atoms in total. The number of aliphatic carboxylic acids is 1. The fourth-order valence-electron chi connectivity index (χ4n) is 2.57. The minimum absolute atomic E-state index is 0.419. The van der Waals surface area contributed by atoms with Gasteiger partial charge in [-0.3, -0.25) is 14.4 Å². The van der Waals surface area contributed by atoms with Crippen LogP contribution in [0, 0.1) is 0 Å². The third kappa shape index (κ3) is 2.73. The zero-order chi connectivity index (χ0) is 14.8. The lowest BCUT2D eigenvalue weighted by Crippen LogP contribution is -2.34. The summed E-state index contributed by atoms with van der Waals surface area (Å²) in [5.41, 5.74) is 1.41. The van der Waals surface area contributed by atoms with Crippen LogP contribution >= 0.6 is 0 Å². The molecular formula is C14H16N4O3. The van der Waals surface area contributed by atoms with Crippen molar-refractivity contribution in [2.45, 2.75) is 12.6 Å². The lowest BCUT2D eigenvalue weighted by molar-refractivity contribution is -0.143. The highest BCUT2D eigenvalue weighted by molar-refractivity contribution is 5.76. The second-order valence-electron chi connectivity index (χ2n) is 4.98. The number of rotatable bonds is 3. The number of hydrogen-bond donors (Lipinski definition) is 1. The topological polar surface area (TPSA) is 80.5 Å². The fourth-order valence-corrected chi connectivity index (χ4v) is 2.57. The van der Waals surface area contributed by atoms with E-state index in [0.717, 1.165) is 5.69 Å². The van der Waals surface area contributed by atoms with Gasteiger partial charge < -0.3 is 9.84 Å². The van der Waals surface area contributed by atoms with Crippen molar-refractivity contribution < 1.29 is 14.6 Å². The Hall–Kier alpha value is -2.41. The SMILES string of the molecule is Cn1cc(CN2CCOc3ccccc3C2C(=O)O)nn1. The van der Waals surface area contributed by atoms with Gasteiger partial charge in [-0.15, -0.1) is 5.10 Å². The molecule has 1 aromatic carbocycles. The summed E-state index contributed by atoms with van der Waals surface area (Å²) in [5, 5.41) is 17.5. The molecule has 2 aromatic rings. The van der Waals surface area contributed by atoms with Crippen molar-refractivity contribution >= 4 is 5.97 Å². The first kappa shape index (κ1) is 13.6. The van der Waals surface area contributed by atoms with Gasteiger partial charge in [0.05, 0.1) is 5.69 Å². The quantitative estimate of drug-likeness (QED) is 0.901. The number of nitrogens with zero attached hydrogens (tertiary/aromatic N) is 4. The Kier molecular flexibility index (Phi) is 3.57. The predicted octanol–water partition coefficient (Wildman–Crippen LogP) is 0.835. The van der Waals surface area contributed by atoms with Crippen LogP contribution in [-0.2, 0) is 18.4 Å². The molecule has 3 rings (SSSR count). The molecule has 21 heavy (non-hydrogen) atoms. The molecule has 1 atom stereocenters. The molecule has 0 radical (unpaired) electrons. The molecule has 1 aliphatic heterocycles. The molecule has 1 aromatic heterocycles. The second-order valence-corrected chi connectivity index (χ2v) is 4.98. The van der Waals surface area contributed by atoms with E-state index >= 15 is 0 Å². The largest absolute Gasteiger partial charge is 0.492 e. The van der Waals surface area contributed by atoms with Gasteiger partial charge in [0, 0.05) is 31.9 Å². The number of aromatic nitrogens is 3. The summed E-state index contributed by atoms with van der Waals surface area (Å²) < 4.78 is 7.26. The maximum Gasteiger partial charge on any atom is 0.325 e. The summed E-state index contributed by atoms with van der Waals surface area (Å²) in [4.78, 5) is 13.6. The van der Waals surface area contributed by atoms with E-state index in [4.69, 9.17) is 4.74 Å². The summed E-state index contributed by atoms with van der Waals surface area (Å²) in [6, 6.07) is 6.52. The summed E-state index contributed by atoms with van der Waals surface area (Å²) >= 11 is 0. The number of carboxylic acids is 1. The molecule has 0 aliphatic carbocycles.